The van der Waals surface area contributed by atoms with Crippen molar-refractivity contribution >= 4 is 38.9 Å². The summed E-state index contributed by atoms with van der Waals surface area (Å²) >= 11 is 7.68. The number of oxazole rings is 1. The lowest BCUT2D eigenvalue weighted by atomic mass is 10.0. The minimum atomic E-state index is -3.80. The highest BCUT2D eigenvalue weighted by atomic mass is 35.5. The number of rotatable bonds is 6. The second-order valence-corrected chi connectivity index (χ2v) is 10.7. The van der Waals surface area contributed by atoms with Crippen molar-refractivity contribution in [2.75, 3.05) is 13.1 Å². The minimum Gasteiger partial charge on any atom is -0.455 e. The summed E-state index contributed by atoms with van der Waals surface area (Å²) in [7, 11) is -3.80. The van der Waals surface area contributed by atoms with Crippen LogP contribution in [0.2, 0.25) is 5.02 Å². The van der Waals surface area contributed by atoms with E-state index >= 15 is 0 Å². The Morgan fingerprint density at radius 3 is 2.97 bits per heavy atom. The number of halogens is 1. The number of benzene rings is 1. The number of piperidine rings is 1. The molecule has 0 bridgehead atoms. The van der Waals surface area contributed by atoms with Gasteiger partial charge >= 0.3 is 5.97 Å². The van der Waals surface area contributed by atoms with Gasteiger partial charge in [-0.2, -0.15) is 4.31 Å². The monoisotopic (exact) mass is 480 g/mol. The molecule has 1 saturated heterocycles. The van der Waals surface area contributed by atoms with Crippen molar-refractivity contribution in [3.63, 3.8) is 0 Å². The number of hydrogen-bond acceptors (Lipinski definition) is 7. The smallest absolute Gasteiger partial charge is 0.338 e. The zero-order valence-corrected chi connectivity index (χ0v) is 19.2. The van der Waals surface area contributed by atoms with Crippen LogP contribution in [-0.4, -0.2) is 36.8 Å². The van der Waals surface area contributed by atoms with Gasteiger partial charge in [-0.25, -0.2) is 18.2 Å². The summed E-state index contributed by atoms with van der Waals surface area (Å²) in [5.41, 5.74) is 0.566. The zero-order valence-electron chi connectivity index (χ0n) is 16.8. The van der Waals surface area contributed by atoms with Crippen molar-refractivity contribution < 1.29 is 22.4 Å². The van der Waals surface area contributed by atoms with E-state index in [2.05, 4.69) is 4.98 Å². The molecule has 1 aliphatic heterocycles. The zero-order chi connectivity index (χ0) is 22.0. The highest BCUT2D eigenvalue weighted by Crippen LogP contribution is 2.29. The molecule has 3 heterocycles. The van der Waals surface area contributed by atoms with Gasteiger partial charge in [0.05, 0.1) is 15.5 Å². The molecule has 1 fully saturated rings. The molecule has 0 amide bonds. The molecule has 0 radical (unpaired) electrons. The van der Waals surface area contributed by atoms with Crippen LogP contribution in [0.25, 0.3) is 10.8 Å². The molecule has 1 aliphatic rings. The van der Waals surface area contributed by atoms with E-state index < -0.39 is 16.0 Å². The fourth-order valence-electron chi connectivity index (χ4n) is 3.44. The summed E-state index contributed by atoms with van der Waals surface area (Å²) < 4.78 is 38.3. The topological polar surface area (TPSA) is 89.7 Å². The van der Waals surface area contributed by atoms with Crippen molar-refractivity contribution in [2.45, 2.75) is 31.3 Å². The number of aromatic nitrogens is 1. The van der Waals surface area contributed by atoms with Crippen LogP contribution in [0, 0.1) is 5.92 Å². The number of ether oxygens (including phenoxy) is 1. The van der Waals surface area contributed by atoms with Crippen molar-refractivity contribution in [2.24, 2.45) is 5.92 Å². The van der Waals surface area contributed by atoms with Gasteiger partial charge in [-0.1, -0.05) is 24.6 Å². The average molecular weight is 481 g/mol. The van der Waals surface area contributed by atoms with E-state index in [1.54, 1.807) is 0 Å². The fraction of sp³-hybridized carbons (Fsp3) is 0.333. The minimum absolute atomic E-state index is 0.0758. The van der Waals surface area contributed by atoms with E-state index in [0.717, 1.165) is 17.7 Å². The van der Waals surface area contributed by atoms with Gasteiger partial charge < -0.3 is 9.15 Å². The molecule has 1 unspecified atom stereocenters. The molecule has 0 N–H and O–H groups in total. The second-order valence-electron chi connectivity index (χ2n) is 7.45. The van der Waals surface area contributed by atoms with Crippen molar-refractivity contribution in [1.29, 1.82) is 0 Å². The summed E-state index contributed by atoms with van der Waals surface area (Å²) in [6, 6.07) is 7.90. The highest BCUT2D eigenvalue weighted by molar-refractivity contribution is 7.89. The quantitative estimate of drug-likeness (QED) is 0.469. The summed E-state index contributed by atoms with van der Waals surface area (Å²) in [5.74, 6) is 0.0643. The predicted molar refractivity (Wildman–Crippen MR) is 118 cm³/mol. The highest BCUT2D eigenvalue weighted by Gasteiger charge is 2.31. The Morgan fingerprint density at radius 2 is 2.23 bits per heavy atom. The van der Waals surface area contributed by atoms with Gasteiger partial charge in [-0.05, 0) is 48.4 Å². The Balaban J connectivity index is 1.48. The van der Waals surface area contributed by atoms with Gasteiger partial charge in [0.25, 0.3) is 0 Å². The first-order valence-corrected chi connectivity index (χ1v) is 12.5. The van der Waals surface area contributed by atoms with E-state index in [0.29, 0.717) is 24.7 Å². The molecule has 0 aliphatic carbocycles. The number of carbonyl (C=O) groups is 1. The van der Waals surface area contributed by atoms with Crippen LogP contribution in [0.3, 0.4) is 0 Å². The molecule has 0 saturated carbocycles. The fourth-order valence-corrected chi connectivity index (χ4v) is 6.20. The number of esters is 1. The van der Waals surface area contributed by atoms with Crippen molar-refractivity contribution in [1.82, 2.24) is 9.29 Å². The van der Waals surface area contributed by atoms with Crippen LogP contribution in [-0.2, 0) is 21.4 Å². The summed E-state index contributed by atoms with van der Waals surface area (Å²) in [4.78, 5) is 17.6. The second kappa shape index (κ2) is 9.12. The van der Waals surface area contributed by atoms with Crippen LogP contribution in [0.15, 0.2) is 51.3 Å². The Hall–Kier alpha value is -2.20. The molecule has 2 aromatic heterocycles. The lowest BCUT2D eigenvalue weighted by Gasteiger charge is -2.30. The van der Waals surface area contributed by atoms with Crippen LogP contribution >= 0.6 is 22.9 Å². The molecule has 1 aromatic carbocycles. The van der Waals surface area contributed by atoms with Crippen molar-refractivity contribution in [3.8, 4) is 10.8 Å². The van der Waals surface area contributed by atoms with E-state index in [-0.39, 0.29) is 28.0 Å². The number of nitrogens with zero attached hydrogens (tertiary/aromatic N) is 2. The predicted octanol–water partition coefficient (Wildman–Crippen LogP) is 4.83. The molecule has 1 atom stereocenters. The van der Waals surface area contributed by atoms with Gasteiger partial charge in [0.1, 0.15) is 23.5 Å². The van der Waals surface area contributed by atoms with Crippen LogP contribution in [0.1, 0.15) is 35.8 Å². The van der Waals surface area contributed by atoms with Crippen molar-refractivity contribution in [3.05, 3.63) is 58.3 Å². The normalized spacial score (nSPS) is 17.5. The molecule has 7 nitrogen and oxygen atoms in total. The van der Waals surface area contributed by atoms with Crippen LogP contribution in [0.5, 0.6) is 0 Å². The number of carbonyl (C=O) groups excluding carboxylic acids is 1. The third kappa shape index (κ3) is 4.85. The average Bonchev–Trinajstić information content (AvgIpc) is 3.44. The third-order valence-electron chi connectivity index (χ3n) is 5.04. The standard InChI is InChI=1S/C21H21ClN2O5S2/c1-14-4-2-8-24(11-14)31(26,27)19-10-15(6-7-17(19)22)21(25)29-13-16-12-28-20(23-16)18-5-3-9-30-18/h3,5-7,9-10,12,14H,2,4,8,11,13H2,1H3. The molecule has 164 valence electrons. The first kappa shape index (κ1) is 22.0. The molecular weight excluding hydrogens is 460 g/mol. The molecular formula is C21H21ClN2O5S2. The van der Waals surface area contributed by atoms with Gasteiger partial charge in [-0.3, -0.25) is 0 Å². The van der Waals surface area contributed by atoms with Gasteiger partial charge in [0.15, 0.2) is 0 Å². The Morgan fingerprint density at radius 1 is 1.39 bits per heavy atom. The van der Waals surface area contributed by atoms with E-state index in [1.807, 2.05) is 24.4 Å². The summed E-state index contributed by atoms with van der Waals surface area (Å²) in [5, 5.41) is 1.99. The largest absolute Gasteiger partial charge is 0.455 e. The molecule has 3 aromatic rings. The first-order chi connectivity index (χ1) is 14.8. The molecule has 0 spiro atoms. The van der Waals surface area contributed by atoms with E-state index in [9.17, 15) is 13.2 Å². The molecule has 4 rings (SSSR count). The molecule has 10 heteroatoms. The van der Waals surface area contributed by atoms with E-state index in [4.69, 9.17) is 20.8 Å². The lowest BCUT2D eigenvalue weighted by molar-refractivity contribution is 0.0467. The summed E-state index contributed by atoms with van der Waals surface area (Å²) in [6.07, 6.45) is 3.21. The number of hydrogen-bond donors (Lipinski definition) is 0. The van der Waals surface area contributed by atoms with Crippen LogP contribution < -0.4 is 0 Å². The summed E-state index contributed by atoms with van der Waals surface area (Å²) in [6.45, 7) is 2.80. The lowest BCUT2D eigenvalue weighted by Crippen LogP contribution is -2.39. The van der Waals surface area contributed by atoms with Gasteiger partial charge in [0, 0.05) is 13.1 Å². The third-order valence-corrected chi connectivity index (χ3v) is 8.24. The number of thiophene rings is 1. The maximum absolute atomic E-state index is 13.1. The first-order valence-electron chi connectivity index (χ1n) is 9.79. The SMILES string of the molecule is CC1CCCN(S(=O)(=O)c2cc(C(=O)OCc3coc(-c4cccs4)n3)ccc2Cl)C1. The molecule has 31 heavy (non-hydrogen) atoms. The number of sulfonamides is 1. The Labute approximate surface area is 189 Å². The Bertz CT molecular complexity index is 1170. The van der Waals surface area contributed by atoms with E-state index in [1.165, 1.54) is 40.1 Å². The maximum atomic E-state index is 13.1. The Kier molecular flexibility index (Phi) is 6.47. The maximum Gasteiger partial charge on any atom is 0.338 e. The van der Waals surface area contributed by atoms with Gasteiger partial charge in [0.2, 0.25) is 15.9 Å². The van der Waals surface area contributed by atoms with Crippen LogP contribution in [0.4, 0.5) is 0 Å². The van der Waals surface area contributed by atoms with Gasteiger partial charge in [-0.15, -0.1) is 11.3 Å².